The summed E-state index contributed by atoms with van der Waals surface area (Å²) in [5.74, 6) is 0.285. The average molecular weight is 345 g/mol. The second kappa shape index (κ2) is 6.77. The maximum Gasteiger partial charge on any atom is 0.124 e. The van der Waals surface area contributed by atoms with E-state index in [0.717, 1.165) is 23.4 Å². The van der Waals surface area contributed by atoms with Crippen molar-refractivity contribution in [1.29, 1.82) is 0 Å². The van der Waals surface area contributed by atoms with Crippen LogP contribution in [0.5, 0.6) is 5.75 Å². The van der Waals surface area contributed by atoms with E-state index in [9.17, 15) is 5.11 Å². The highest BCUT2D eigenvalue weighted by Gasteiger charge is 2.23. The van der Waals surface area contributed by atoms with Gasteiger partial charge in [0.25, 0.3) is 0 Å². The van der Waals surface area contributed by atoms with E-state index in [1.165, 1.54) is 16.0 Å². The average Bonchev–Trinajstić information content (AvgIpc) is 2.82. The highest BCUT2D eigenvalue weighted by atomic mass is 32.2. The zero-order valence-electron chi connectivity index (χ0n) is 14.0. The number of para-hydroxylation sites is 2. The fourth-order valence-corrected chi connectivity index (χ4v) is 4.30. The monoisotopic (exact) mass is 345 g/mol. The minimum Gasteiger partial charge on any atom is -0.507 e. The minimum absolute atomic E-state index is 0.266. The molecule has 3 aromatic rings. The summed E-state index contributed by atoms with van der Waals surface area (Å²) in [5, 5.41) is 10.6. The van der Waals surface area contributed by atoms with Crippen LogP contribution >= 0.6 is 11.8 Å². The lowest BCUT2D eigenvalue weighted by Crippen LogP contribution is -2.05. The van der Waals surface area contributed by atoms with Gasteiger partial charge in [0.2, 0.25) is 0 Å². The number of phenolic OH excluding ortho intramolecular Hbond substituents is 1. The van der Waals surface area contributed by atoms with E-state index in [1.807, 2.05) is 42.1 Å². The number of hydrogen-bond donors (Lipinski definition) is 1. The lowest BCUT2D eigenvalue weighted by atomic mass is 10.00. The fraction of sp³-hybridized carbons (Fsp3) is 0.136. The largest absolute Gasteiger partial charge is 0.507 e. The zero-order valence-corrected chi connectivity index (χ0v) is 14.8. The zero-order chi connectivity index (χ0) is 17.2. The number of hydrogen-bond acceptors (Lipinski definition) is 3. The molecule has 4 rings (SSSR count). The van der Waals surface area contributed by atoms with Gasteiger partial charge in [-0.2, -0.15) is 0 Å². The van der Waals surface area contributed by atoms with Crippen LogP contribution in [0, 0.1) is 6.92 Å². The quantitative estimate of drug-likeness (QED) is 0.612. The number of aliphatic imine (C=N–C) groups is 1. The maximum absolute atomic E-state index is 10.3. The van der Waals surface area contributed by atoms with Crippen LogP contribution in [-0.4, -0.2) is 10.8 Å². The van der Waals surface area contributed by atoms with Crippen molar-refractivity contribution in [3.63, 3.8) is 0 Å². The Hall–Kier alpha value is -2.52. The van der Waals surface area contributed by atoms with Crippen LogP contribution in [-0.2, 0) is 0 Å². The van der Waals surface area contributed by atoms with Crippen molar-refractivity contribution in [1.82, 2.24) is 0 Å². The summed E-state index contributed by atoms with van der Waals surface area (Å²) < 4.78 is 0. The number of aromatic hydroxyl groups is 1. The first kappa shape index (κ1) is 16.0. The van der Waals surface area contributed by atoms with Crippen LogP contribution in [0.25, 0.3) is 0 Å². The molecule has 1 aliphatic heterocycles. The molecule has 3 aromatic carbocycles. The molecule has 0 bridgehead atoms. The summed E-state index contributed by atoms with van der Waals surface area (Å²) in [5.41, 5.74) is 5.27. The van der Waals surface area contributed by atoms with Gasteiger partial charge in [-0.05, 0) is 36.8 Å². The Morgan fingerprint density at radius 1 is 0.920 bits per heavy atom. The SMILES string of the molecule is Cc1ccc([C@@H]2CC(c3ccccc3O)=Nc3ccccc3S2)cc1. The first-order valence-electron chi connectivity index (χ1n) is 8.39. The second-order valence-corrected chi connectivity index (χ2v) is 7.51. The molecule has 0 fully saturated rings. The van der Waals surface area contributed by atoms with Crippen molar-refractivity contribution in [2.24, 2.45) is 4.99 Å². The predicted octanol–water partition coefficient (Wildman–Crippen LogP) is 6.06. The molecule has 124 valence electrons. The summed E-state index contributed by atoms with van der Waals surface area (Å²) in [6.07, 6.45) is 0.778. The lowest BCUT2D eigenvalue weighted by molar-refractivity contribution is 0.474. The van der Waals surface area contributed by atoms with Crippen LogP contribution in [0.2, 0.25) is 0 Å². The van der Waals surface area contributed by atoms with Crippen LogP contribution in [0.3, 0.4) is 0 Å². The summed E-state index contributed by atoms with van der Waals surface area (Å²) in [6, 6.07) is 24.4. The Kier molecular flexibility index (Phi) is 4.33. The van der Waals surface area contributed by atoms with Gasteiger partial charge in [-0.3, -0.25) is 4.99 Å². The lowest BCUT2D eigenvalue weighted by Gasteiger charge is -2.16. The van der Waals surface area contributed by atoms with Crippen molar-refractivity contribution in [2.45, 2.75) is 23.5 Å². The molecule has 1 aliphatic rings. The van der Waals surface area contributed by atoms with E-state index in [0.29, 0.717) is 0 Å². The van der Waals surface area contributed by atoms with Gasteiger partial charge in [0.05, 0.1) is 11.4 Å². The van der Waals surface area contributed by atoms with Gasteiger partial charge in [0, 0.05) is 22.1 Å². The molecule has 0 amide bonds. The summed E-state index contributed by atoms with van der Waals surface area (Å²) in [6.45, 7) is 2.11. The van der Waals surface area contributed by atoms with Crippen LogP contribution in [0.15, 0.2) is 82.7 Å². The molecule has 0 saturated heterocycles. The van der Waals surface area contributed by atoms with E-state index >= 15 is 0 Å². The molecule has 1 N–H and O–H groups in total. The number of benzene rings is 3. The Morgan fingerprint density at radius 3 is 2.44 bits per heavy atom. The standard InChI is InChI=1S/C22H19NOS/c1-15-10-12-16(13-11-15)22-14-19(17-6-2-4-8-20(17)24)23-18-7-3-5-9-21(18)25-22/h2-13,22,24H,14H2,1H3/t22-/m0/s1. The Morgan fingerprint density at radius 2 is 1.64 bits per heavy atom. The van der Waals surface area contributed by atoms with Crippen molar-refractivity contribution >= 4 is 23.2 Å². The van der Waals surface area contributed by atoms with Crippen molar-refractivity contribution in [3.05, 3.63) is 89.5 Å². The van der Waals surface area contributed by atoms with Gasteiger partial charge in [-0.1, -0.05) is 54.1 Å². The number of fused-ring (bicyclic) bond motifs is 1. The number of phenols is 1. The molecule has 1 atom stereocenters. The van der Waals surface area contributed by atoms with Gasteiger partial charge in [0.1, 0.15) is 5.75 Å². The third-order valence-corrected chi connectivity index (χ3v) is 5.76. The van der Waals surface area contributed by atoms with Crippen LogP contribution in [0.4, 0.5) is 5.69 Å². The Labute approximate surface area is 152 Å². The third-order valence-electron chi connectivity index (χ3n) is 4.43. The third kappa shape index (κ3) is 3.33. The molecular formula is C22H19NOS. The van der Waals surface area contributed by atoms with Gasteiger partial charge in [0.15, 0.2) is 0 Å². The molecule has 0 aliphatic carbocycles. The summed E-state index contributed by atoms with van der Waals surface area (Å²) in [4.78, 5) is 6.08. The molecule has 0 radical (unpaired) electrons. The smallest absolute Gasteiger partial charge is 0.124 e. The first-order chi connectivity index (χ1) is 12.2. The summed E-state index contributed by atoms with van der Waals surface area (Å²) in [7, 11) is 0. The fourth-order valence-electron chi connectivity index (χ4n) is 3.07. The summed E-state index contributed by atoms with van der Waals surface area (Å²) >= 11 is 1.84. The van der Waals surface area contributed by atoms with Crippen molar-refractivity contribution in [3.8, 4) is 5.75 Å². The van der Waals surface area contributed by atoms with E-state index in [1.54, 1.807) is 6.07 Å². The molecule has 1 heterocycles. The molecule has 0 aromatic heterocycles. The van der Waals surface area contributed by atoms with E-state index in [4.69, 9.17) is 4.99 Å². The topological polar surface area (TPSA) is 32.6 Å². The molecule has 25 heavy (non-hydrogen) atoms. The van der Waals surface area contributed by atoms with Gasteiger partial charge < -0.3 is 5.11 Å². The molecule has 0 spiro atoms. The second-order valence-electron chi connectivity index (χ2n) is 6.26. The van der Waals surface area contributed by atoms with E-state index < -0.39 is 0 Å². The number of nitrogens with zero attached hydrogens (tertiary/aromatic N) is 1. The number of rotatable bonds is 2. The van der Waals surface area contributed by atoms with E-state index in [2.05, 4.69) is 43.3 Å². The van der Waals surface area contributed by atoms with Gasteiger partial charge >= 0.3 is 0 Å². The van der Waals surface area contributed by atoms with Crippen molar-refractivity contribution < 1.29 is 5.11 Å². The van der Waals surface area contributed by atoms with Gasteiger partial charge in [-0.25, -0.2) is 0 Å². The molecular weight excluding hydrogens is 326 g/mol. The van der Waals surface area contributed by atoms with Crippen LogP contribution in [0.1, 0.15) is 28.4 Å². The van der Waals surface area contributed by atoms with E-state index in [-0.39, 0.29) is 11.0 Å². The van der Waals surface area contributed by atoms with Crippen molar-refractivity contribution in [2.75, 3.05) is 0 Å². The number of aryl methyl sites for hydroxylation is 1. The Balaban J connectivity index is 1.82. The normalized spacial score (nSPS) is 16.7. The molecule has 0 saturated carbocycles. The minimum atomic E-state index is 0.266. The van der Waals surface area contributed by atoms with Gasteiger partial charge in [-0.15, -0.1) is 11.8 Å². The number of thioether (sulfide) groups is 1. The highest BCUT2D eigenvalue weighted by molar-refractivity contribution is 7.99. The first-order valence-corrected chi connectivity index (χ1v) is 9.27. The highest BCUT2D eigenvalue weighted by Crippen LogP contribution is 2.45. The molecule has 0 unspecified atom stereocenters. The molecule has 3 heteroatoms. The van der Waals surface area contributed by atoms with Crippen LogP contribution < -0.4 is 0 Å². The molecule has 2 nitrogen and oxygen atoms in total. The maximum atomic E-state index is 10.3. The Bertz CT molecular complexity index is 931. The predicted molar refractivity (Wildman–Crippen MR) is 105 cm³/mol.